The Labute approximate surface area is 662 Å². The number of amides is 3. The molecule has 16 nitrogen and oxygen atoms in total. The van der Waals surface area contributed by atoms with Gasteiger partial charge in [0.1, 0.15) is 91.1 Å². The summed E-state index contributed by atoms with van der Waals surface area (Å²) in [6.07, 6.45) is 5.39. The monoisotopic (exact) mass is 1720 g/mol. The number of aliphatic imine (C=N–C) groups is 3. The molecule has 3 amide bonds. The average molecular weight is 1730 g/mol. The Morgan fingerprint density at radius 1 is 0.514 bits per heavy atom. The van der Waals surface area contributed by atoms with Gasteiger partial charge in [0.05, 0.1) is 14.2 Å². The summed E-state index contributed by atoms with van der Waals surface area (Å²) < 4.78 is 124. The summed E-state index contributed by atoms with van der Waals surface area (Å²) in [5, 5.41) is 0.606. The number of nitrogens with zero attached hydrogens (tertiary/aromatic N) is 6. The minimum Gasteiger partial charge on any atom is -0.443 e. The summed E-state index contributed by atoms with van der Waals surface area (Å²) in [5.74, 6) is 12.2. The number of rotatable bonds is 21. The predicted octanol–water partition coefficient (Wildman–Crippen LogP) is 20.0. The van der Waals surface area contributed by atoms with Crippen LogP contribution in [0.2, 0.25) is 77.1 Å². The predicted molar refractivity (Wildman–Crippen MR) is 436 cm³/mol. The molecule has 0 spiro atoms. The average Bonchev–Trinajstić information content (AvgIpc) is 1.54. The van der Waals surface area contributed by atoms with Crippen molar-refractivity contribution in [3.63, 3.8) is 0 Å². The van der Waals surface area contributed by atoms with Crippen LogP contribution in [0.3, 0.4) is 0 Å². The summed E-state index contributed by atoms with van der Waals surface area (Å²) in [6, 6.07) is 15.6. The summed E-state index contributed by atoms with van der Waals surface area (Å²) in [6.45, 7) is 37.6. The highest BCUT2D eigenvalue weighted by Gasteiger charge is 2.72. The minimum absolute atomic E-state index is 0.0661. The molecule has 0 aromatic heterocycles. The third-order valence-electron chi connectivity index (χ3n) is 18.1. The van der Waals surface area contributed by atoms with E-state index in [4.69, 9.17) is 55.6 Å². The number of fused-ring (bicyclic) bond motifs is 3. The van der Waals surface area contributed by atoms with Crippen molar-refractivity contribution in [3.8, 4) is 36.0 Å². The van der Waals surface area contributed by atoms with Crippen LogP contribution in [0, 0.1) is 71.2 Å². The number of amidine groups is 3. The maximum atomic E-state index is 15.1. The van der Waals surface area contributed by atoms with Gasteiger partial charge in [-0.05, 0) is 168 Å². The Kier molecular flexibility index (Phi) is 28.9. The van der Waals surface area contributed by atoms with Crippen molar-refractivity contribution in [3.05, 3.63) is 97.7 Å². The number of hydrogen-bond donors (Lipinski definition) is 1. The van der Waals surface area contributed by atoms with Crippen LogP contribution < -0.4 is 5.73 Å². The largest absolute Gasteiger partial charge is 0.443 e. The quantitative estimate of drug-likeness (QED) is 0.0203. The van der Waals surface area contributed by atoms with Crippen molar-refractivity contribution in [2.45, 2.75) is 220 Å². The van der Waals surface area contributed by atoms with Gasteiger partial charge in [-0.1, -0.05) is 144 Å². The van der Waals surface area contributed by atoms with Gasteiger partial charge in [-0.2, -0.15) is 0 Å². The molecule has 3 aromatic carbocycles. The topological polar surface area (TPSA) is 179 Å². The number of nitrogens with two attached hydrogens (primary N) is 1. The number of benzene rings is 3. The van der Waals surface area contributed by atoms with Crippen LogP contribution in [-0.4, -0.2) is 164 Å². The third-order valence-corrected chi connectivity index (χ3v) is 28.5. The first-order chi connectivity index (χ1) is 49.5. The van der Waals surface area contributed by atoms with Crippen LogP contribution in [0.15, 0.2) is 78.5 Å². The third kappa shape index (κ3) is 22.5. The summed E-state index contributed by atoms with van der Waals surface area (Å²) in [4.78, 5) is 57.9. The fourth-order valence-electron chi connectivity index (χ4n) is 12.3. The lowest BCUT2D eigenvalue weighted by atomic mass is 9.84. The normalized spacial score (nSPS) is 25.4. The van der Waals surface area contributed by atoms with E-state index in [1.54, 1.807) is 94.4 Å². The van der Waals surface area contributed by atoms with E-state index >= 15 is 22.0 Å². The Morgan fingerprint density at radius 2 is 0.794 bits per heavy atom. The number of alkyl halides is 3. The molecular weight excluding hydrogens is 1620 g/mol. The smallest absolute Gasteiger partial charge is 0.418 e. The van der Waals surface area contributed by atoms with Gasteiger partial charge in [-0.15, -0.1) is 18.3 Å². The molecule has 30 heteroatoms. The van der Waals surface area contributed by atoms with Crippen molar-refractivity contribution in [2.75, 3.05) is 65.8 Å². The van der Waals surface area contributed by atoms with E-state index in [-0.39, 0.29) is 64.2 Å². The number of anilines is 1. The van der Waals surface area contributed by atoms with E-state index in [0.29, 0.717) is 53.7 Å². The number of ether oxygens (including phenoxy) is 6. The number of halogens is 8. The van der Waals surface area contributed by atoms with Gasteiger partial charge in [0.2, 0.25) is 0 Å². The molecule has 0 saturated heterocycles. The van der Waals surface area contributed by atoms with Crippen LogP contribution in [0.25, 0.3) is 0 Å². The molecule has 9 rings (SSSR count). The molecule has 3 aliphatic heterocycles. The number of carbonyl (C=O) groups excluding carboxylic acids is 3. The molecule has 6 aliphatic rings. The van der Waals surface area contributed by atoms with Gasteiger partial charge in [-0.25, -0.2) is 70.4 Å². The standard InChI is InChI=1S/C26H35BrF2N2O3SSi.C26H37F2N3O3SSi.C25H33BrF2N2O3SSi/c1-8-11-25-15-21(25)26(16-28,19-14-18(27)9-10-20(19)29)30-22(35-25)31(23(32)34-24(2,3)4)17-33-12-13-36(5,6)7;1-8-11-25-15-21(25)26(16-27,19-14-18(29)9-10-20(19)28)30-22(35-25)31(23(32)34-24(2,3)4)17-33-12-13-36(5,6)7;1-8-24-14-20(24)25(15-27,18-13-17(26)9-10-19(18)28)29-21(34-24)30(22(31)33-23(2,3)4)16-32-11-12-35(5,6)7/h9-10,14,21H,12-13,15-17H2,1-7H3;9-10,14,21H,12-13,15-17,29H2,1-7H3;1,9-10,13,20H,11-12,14-16H2,2-7H3/t2*21-,25+,26-;20-,24+,25-/m111/s1. The van der Waals surface area contributed by atoms with Gasteiger partial charge in [0.25, 0.3) is 0 Å². The number of hydrogen-bond acceptors (Lipinski definition) is 16. The first-order valence-corrected chi connectivity index (χ1v) is 50.8. The first kappa shape index (κ1) is 89.3. The zero-order chi connectivity index (χ0) is 80.1. The van der Waals surface area contributed by atoms with E-state index in [0.717, 1.165) is 18.1 Å². The molecular formula is C77H105Br2F6N7O9S3Si3. The molecule has 3 aliphatic carbocycles. The van der Waals surface area contributed by atoms with Crippen LogP contribution in [-0.2, 0) is 45.0 Å². The summed E-state index contributed by atoms with van der Waals surface area (Å²) in [7, 11) is -4.08. The molecule has 2 N–H and O–H groups in total. The highest BCUT2D eigenvalue weighted by atomic mass is 79.9. The molecule has 588 valence electrons. The number of nitrogen functional groups attached to an aromatic ring is 1. The van der Waals surface area contributed by atoms with E-state index in [1.807, 2.05) is 0 Å². The van der Waals surface area contributed by atoms with Crippen molar-refractivity contribution in [1.82, 2.24) is 14.7 Å². The number of terminal acetylenes is 1. The molecule has 3 heterocycles. The van der Waals surface area contributed by atoms with Crippen LogP contribution in [0.5, 0.6) is 0 Å². The molecule has 107 heavy (non-hydrogen) atoms. The molecule has 0 radical (unpaired) electrons. The van der Waals surface area contributed by atoms with Crippen LogP contribution in [0.4, 0.5) is 46.4 Å². The molecule has 0 unspecified atom stereocenters. The molecule has 0 bridgehead atoms. The van der Waals surface area contributed by atoms with Crippen molar-refractivity contribution < 1.29 is 69.1 Å². The SMILES string of the molecule is C#C[C@]12C[C@H]1[C@@](CF)(c1cc(Br)ccc1F)N=C(N(COCC[Si](C)(C)C)C(=O)OC(C)(C)C)S2.CC#C[C@]12C[C@H]1[C@@](CF)(c1cc(Br)ccc1F)N=C(N(COCC[Si](C)(C)C)C(=O)OC(C)(C)C)S2.CC#C[C@]12C[C@H]1[C@@](CF)(c1cc(N)ccc1F)N=C(N(COCC[Si](C)(C)C)C(=O)OC(C)(C)C)S2. The maximum Gasteiger partial charge on any atom is 0.418 e. The minimum atomic E-state index is -1.57. The molecule has 3 saturated carbocycles. The maximum absolute atomic E-state index is 15.1. The zero-order valence-electron chi connectivity index (χ0n) is 65.3. The van der Waals surface area contributed by atoms with Crippen molar-refractivity contribution in [2.24, 2.45) is 32.7 Å². The van der Waals surface area contributed by atoms with Gasteiger partial charge in [-0.3, -0.25) is 0 Å². The second-order valence-electron chi connectivity index (χ2n) is 34.3. The molecule has 9 atom stereocenters. The summed E-state index contributed by atoms with van der Waals surface area (Å²) >= 11 is 10.6. The summed E-state index contributed by atoms with van der Waals surface area (Å²) in [5.41, 5.74) is -0.360. The lowest BCUT2D eigenvalue weighted by molar-refractivity contribution is 0.00973. The van der Waals surface area contributed by atoms with Crippen molar-refractivity contribution in [1.29, 1.82) is 0 Å². The lowest BCUT2D eigenvalue weighted by Crippen LogP contribution is -2.47. The number of thioether (sulfide) groups is 3. The fraction of sp³-hybridized carbons (Fsp3) is 0.610. The first-order valence-electron chi connectivity index (χ1n) is 35.6. The van der Waals surface area contributed by atoms with E-state index in [2.05, 4.69) is 120 Å². The highest BCUT2D eigenvalue weighted by molar-refractivity contribution is 9.10. The Bertz CT molecular complexity index is 3880. The Balaban J connectivity index is 0.000000224. The van der Waals surface area contributed by atoms with Gasteiger partial charge in [0.15, 0.2) is 15.5 Å². The fourth-order valence-corrected chi connectivity index (χ4v) is 19.7. The van der Waals surface area contributed by atoms with E-state index in [9.17, 15) is 18.8 Å². The lowest BCUT2D eigenvalue weighted by Gasteiger charge is -2.37. The zero-order valence-corrected chi connectivity index (χ0v) is 73.9. The van der Waals surface area contributed by atoms with Crippen LogP contribution >= 0.6 is 67.1 Å². The second-order valence-corrected chi connectivity index (χ2v) is 56.8. The van der Waals surface area contributed by atoms with Gasteiger partial charge >= 0.3 is 18.3 Å². The van der Waals surface area contributed by atoms with Crippen LogP contribution in [0.1, 0.15) is 112 Å². The second kappa shape index (κ2) is 34.6. The Morgan fingerprint density at radius 3 is 1.07 bits per heavy atom. The van der Waals surface area contributed by atoms with Crippen molar-refractivity contribution >= 4 is 131 Å². The van der Waals surface area contributed by atoms with Gasteiger partial charge in [0, 0.05) is 93.1 Å². The highest BCUT2D eigenvalue weighted by Crippen LogP contribution is 2.69. The Hall–Kier alpha value is -4.92. The van der Waals surface area contributed by atoms with E-state index in [1.165, 1.54) is 86.4 Å². The van der Waals surface area contributed by atoms with Gasteiger partial charge < -0.3 is 34.2 Å². The molecule has 3 aromatic rings. The number of carbonyl (C=O) groups is 3. The molecule has 3 fully saturated rings. The van der Waals surface area contributed by atoms with E-state index < -0.39 is 134 Å².